The van der Waals surface area contributed by atoms with Crippen molar-refractivity contribution in [1.29, 1.82) is 0 Å². The molecule has 146 valence electrons. The molecule has 0 amide bonds. The van der Waals surface area contributed by atoms with Gasteiger partial charge in [0.2, 0.25) is 0 Å². The van der Waals surface area contributed by atoms with E-state index in [0.717, 1.165) is 33.7 Å². The lowest BCUT2D eigenvalue weighted by molar-refractivity contribution is 0.289. The van der Waals surface area contributed by atoms with Crippen molar-refractivity contribution in [3.63, 3.8) is 0 Å². The molecule has 1 unspecified atom stereocenters. The zero-order chi connectivity index (χ0) is 19.8. The molecule has 1 aliphatic carbocycles. The van der Waals surface area contributed by atoms with Crippen molar-refractivity contribution in [2.24, 2.45) is 11.8 Å². The fourth-order valence-electron chi connectivity index (χ4n) is 4.06. The van der Waals surface area contributed by atoms with E-state index in [0.29, 0.717) is 12.5 Å². The van der Waals surface area contributed by atoms with Crippen LogP contribution in [0.5, 0.6) is 5.75 Å². The molecule has 1 aromatic carbocycles. The van der Waals surface area contributed by atoms with Gasteiger partial charge in [0.15, 0.2) is 0 Å². The highest BCUT2D eigenvalue weighted by Gasteiger charge is 2.21. The Labute approximate surface area is 168 Å². The standard InChI is InChI=1S/C25H35OP/c1-6-9-20-11-14-22(15-12-20)18(4)10-13-21(7-2)23-16-17-24(26-8-3)19(5)25(23)27/h10,13,16-17,20,22H,2,4,6,8-9,11-12,14-15,27H2,1,3,5H3/b13-10-. The highest BCUT2D eigenvalue weighted by Crippen LogP contribution is 2.35. The van der Waals surface area contributed by atoms with E-state index >= 15 is 0 Å². The van der Waals surface area contributed by atoms with Crippen molar-refractivity contribution in [3.8, 4) is 5.75 Å². The monoisotopic (exact) mass is 382 g/mol. The Bertz CT molecular complexity index is 729. The number of benzene rings is 1. The Morgan fingerprint density at radius 1 is 1.22 bits per heavy atom. The Kier molecular flexibility index (Phi) is 8.62. The van der Waals surface area contributed by atoms with Gasteiger partial charge in [-0.15, -0.1) is 15.0 Å². The van der Waals surface area contributed by atoms with Crippen molar-refractivity contribution in [1.82, 2.24) is 0 Å². The Morgan fingerprint density at radius 3 is 2.52 bits per heavy atom. The van der Waals surface area contributed by atoms with Crippen LogP contribution in [0, 0.1) is 18.8 Å². The van der Waals surface area contributed by atoms with E-state index in [-0.39, 0.29) is 0 Å². The average Bonchev–Trinajstić information content (AvgIpc) is 2.68. The molecule has 0 bridgehead atoms. The quantitative estimate of drug-likeness (QED) is 0.273. The van der Waals surface area contributed by atoms with Gasteiger partial charge in [-0.2, -0.15) is 0 Å². The third-order valence-corrected chi connectivity index (χ3v) is 6.52. The summed E-state index contributed by atoms with van der Waals surface area (Å²) < 4.78 is 5.70. The van der Waals surface area contributed by atoms with Crippen LogP contribution in [-0.4, -0.2) is 6.61 Å². The van der Waals surface area contributed by atoms with Gasteiger partial charge in [0.25, 0.3) is 0 Å². The largest absolute Gasteiger partial charge is 0.494 e. The maximum Gasteiger partial charge on any atom is 0.122 e. The zero-order valence-corrected chi connectivity index (χ0v) is 18.5. The summed E-state index contributed by atoms with van der Waals surface area (Å²) in [5.74, 6) is 2.49. The Morgan fingerprint density at radius 2 is 1.93 bits per heavy atom. The Hall–Kier alpha value is -1.55. The smallest absolute Gasteiger partial charge is 0.122 e. The average molecular weight is 383 g/mol. The molecule has 0 aromatic heterocycles. The molecule has 1 aliphatic rings. The van der Waals surface area contributed by atoms with Crippen LogP contribution in [0.4, 0.5) is 0 Å². The molecular weight excluding hydrogens is 347 g/mol. The summed E-state index contributed by atoms with van der Waals surface area (Å²) in [6, 6.07) is 4.13. The molecule has 0 aliphatic heterocycles. The highest BCUT2D eigenvalue weighted by molar-refractivity contribution is 7.27. The summed E-state index contributed by atoms with van der Waals surface area (Å²) in [7, 11) is 2.84. The van der Waals surface area contributed by atoms with Gasteiger partial charge < -0.3 is 4.74 Å². The van der Waals surface area contributed by atoms with Gasteiger partial charge >= 0.3 is 0 Å². The van der Waals surface area contributed by atoms with Gasteiger partial charge in [-0.3, -0.25) is 0 Å². The molecular formula is C25H35OP. The molecule has 0 saturated heterocycles. The van der Waals surface area contributed by atoms with E-state index in [2.05, 4.69) is 60.2 Å². The first kappa shape index (κ1) is 21.7. The van der Waals surface area contributed by atoms with Crippen LogP contribution in [0.25, 0.3) is 5.57 Å². The number of hydrogen-bond acceptors (Lipinski definition) is 1. The minimum atomic E-state index is 0.623. The first-order valence-electron chi connectivity index (χ1n) is 10.3. The second-order valence-corrected chi connectivity index (χ2v) is 8.17. The first-order valence-corrected chi connectivity index (χ1v) is 10.9. The molecule has 2 heteroatoms. The van der Waals surface area contributed by atoms with Crippen LogP contribution in [0.3, 0.4) is 0 Å². The predicted molar refractivity (Wildman–Crippen MR) is 123 cm³/mol. The van der Waals surface area contributed by atoms with Crippen molar-refractivity contribution >= 4 is 20.1 Å². The van der Waals surface area contributed by atoms with Gasteiger partial charge in [0.05, 0.1) is 6.61 Å². The van der Waals surface area contributed by atoms with Crippen LogP contribution in [-0.2, 0) is 0 Å². The normalized spacial score (nSPS) is 19.7. The minimum Gasteiger partial charge on any atom is -0.494 e. The van der Waals surface area contributed by atoms with Gasteiger partial charge in [-0.1, -0.05) is 44.6 Å². The van der Waals surface area contributed by atoms with E-state index in [4.69, 9.17) is 4.74 Å². The van der Waals surface area contributed by atoms with Crippen LogP contribution in [0.15, 0.2) is 48.7 Å². The van der Waals surface area contributed by atoms with Crippen LogP contribution < -0.4 is 10.0 Å². The lowest BCUT2D eigenvalue weighted by Gasteiger charge is -2.28. The van der Waals surface area contributed by atoms with Crippen molar-refractivity contribution in [3.05, 3.63) is 59.9 Å². The molecule has 0 heterocycles. The van der Waals surface area contributed by atoms with E-state index in [1.54, 1.807) is 0 Å². The topological polar surface area (TPSA) is 9.23 Å². The van der Waals surface area contributed by atoms with Gasteiger partial charge in [-0.25, -0.2) is 0 Å². The summed E-state index contributed by atoms with van der Waals surface area (Å²) in [6.45, 7) is 15.3. The predicted octanol–water partition coefficient (Wildman–Crippen LogP) is 6.78. The molecule has 1 atom stereocenters. The fraction of sp³-hybridized carbons (Fsp3) is 0.480. The van der Waals surface area contributed by atoms with Crippen LogP contribution in [0.2, 0.25) is 0 Å². The molecule has 1 nitrogen and oxygen atoms in total. The number of rotatable bonds is 8. The third-order valence-electron chi connectivity index (χ3n) is 5.78. The summed E-state index contributed by atoms with van der Waals surface area (Å²) in [6.07, 6.45) is 12.2. The molecule has 27 heavy (non-hydrogen) atoms. The summed E-state index contributed by atoms with van der Waals surface area (Å²) in [4.78, 5) is 0. The third kappa shape index (κ3) is 5.71. The highest BCUT2D eigenvalue weighted by atomic mass is 31.0. The molecule has 1 fully saturated rings. The summed E-state index contributed by atoms with van der Waals surface area (Å²) in [5, 5.41) is 1.14. The van der Waals surface area contributed by atoms with Gasteiger partial charge in [-0.05, 0) is 86.0 Å². The second-order valence-electron chi connectivity index (χ2n) is 7.59. The summed E-state index contributed by atoms with van der Waals surface area (Å²) in [5.41, 5.74) is 7.63. The van der Waals surface area contributed by atoms with Crippen molar-refractivity contribution in [2.75, 3.05) is 6.61 Å². The molecule has 2 rings (SSSR count). The Balaban J connectivity index is 2.08. The molecule has 1 saturated carbocycles. The maximum atomic E-state index is 5.70. The second kappa shape index (κ2) is 10.7. The number of ether oxygens (including phenoxy) is 1. The lowest BCUT2D eigenvalue weighted by Crippen LogP contribution is -2.15. The van der Waals surface area contributed by atoms with Gasteiger partial charge in [0, 0.05) is 5.57 Å². The van der Waals surface area contributed by atoms with E-state index in [1.807, 2.05) is 13.0 Å². The van der Waals surface area contributed by atoms with Crippen molar-refractivity contribution < 1.29 is 4.74 Å². The maximum absolute atomic E-state index is 5.70. The summed E-state index contributed by atoms with van der Waals surface area (Å²) >= 11 is 0. The molecule has 0 spiro atoms. The van der Waals surface area contributed by atoms with Crippen molar-refractivity contribution in [2.45, 2.75) is 59.3 Å². The SMILES string of the molecule is C=C=C(/C=C\C(=C)C1CCC(CCC)CC1)c1ccc(OCC)c(C)c1P. The number of hydrogen-bond donors (Lipinski definition) is 0. The molecule has 1 aromatic rings. The fourth-order valence-corrected chi connectivity index (χ4v) is 4.45. The van der Waals surface area contributed by atoms with Gasteiger partial charge in [0.1, 0.15) is 5.75 Å². The van der Waals surface area contributed by atoms with E-state index in [9.17, 15) is 0 Å². The van der Waals surface area contributed by atoms with Crippen LogP contribution in [0.1, 0.15) is 63.5 Å². The van der Waals surface area contributed by atoms with Crippen LogP contribution >= 0.6 is 9.24 Å². The van der Waals surface area contributed by atoms with E-state index < -0.39 is 0 Å². The first-order chi connectivity index (χ1) is 13.0. The van der Waals surface area contributed by atoms with E-state index in [1.165, 1.54) is 44.1 Å². The zero-order valence-electron chi connectivity index (χ0n) is 17.3. The molecule has 0 radical (unpaired) electrons. The number of allylic oxidation sites excluding steroid dienone is 4. The lowest BCUT2D eigenvalue weighted by atomic mass is 9.77. The molecule has 0 N–H and O–H groups in total. The minimum absolute atomic E-state index is 0.623.